The van der Waals surface area contributed by atoms with Gasteiger partial charge < -0.3 is 4.74 Å². The van der Waals surface area contributed by atoms with Gasteiger partial charge in [0.05, 0.1) is 12.2 Å². The predicted molar refractivity (Wildman–Crippen MR) is 90.0 cm³/mol. The van der Waals surface area contributed by atoms with Gasteiger partial charge in [-0.15, -0.1) is 0 Å². The SMILES string of the molecule is CCOC(=O)c1cccc(C)c1.Cc1cccc(C(=O)NN)c1. The van der Waals surface area contributed by atoms with Gasteiger partial charge in [-0.1, -0.05) is 35.4 Å². The van der Waals surface area contributed by atoms with Gasteiger partial charge in [-0.2, -0.15) is 0 Å². The Morgan fingerprint density at radius 1 is 1.00 bits per heavy atom. The van der Waals surface area contributed by atoms with Crippen LogP contribution in [0.5, 0.6) is 0 Å². The van der Waals surface area contributed by atoms with E-state index in [1.807, 2.05) is 44.2 Å². The third kappa shape index (κ3) is 6.32. The van der Waals surface area contributed by atoms with E-state index >= 15 is 0 Å². The van der Waals surface area contributed by atoms with Crippen molar-refractivity contribution in [3.63, 3.8) is 0 Å². The lowest BCUT2D eigenvalue weighted by Gasteiger charge is -2.01. The minimum Gasteiger partial charge on any atom is -0.462 e. The lowest BCUT2D eigenvalue weighted by atomic mass is 10.1. The first kappa shape index (κ1) is 18.4. The van der Waals surface area contributed by atoms with Crippen LogP contribution in [0.15, 0.2) is 48.5 Å². The van der Waals surface area contributed by atoms with Crippen molar-refractivity contribution < 1.29 is 14.3 Å². The molecule has 0 bridgehead atoms. The van der Waals surface area contributed by atoms with Crippen LogP contribution in [0.2, 0.25) is 0 Å². The standard InChI is InChI=1S/C10H12O2.C8H10N2O/c1-3-12-10(11)9-6-4-5-8(2)7-9;1-6-3-2-4-7(5-6)8(11)10-9/h4-7H,3H2,1-2H3;2-5H,9H2,1H3,(H,10,11). The quantitative estimate of drug-likeness (QED) is 0.395. The third-order valence-electron chi connectivity index (χ3n) is 2.94. The van der Waals surface area contributed by atoms with E-state index in [9.17, 15) is 9.59 Å². The van der Waals surface area contributed by atoms with Gasteiger partial charge in [-0.3, -0.25) is 10.2 Å². The van der Waals surface area contributed by atoms with E-state index in [4.69, 9.17) is 10.6 Å². The number of nitrogens with two attached hydrogens (primary N) is 1. The molecule has 2 aromatic rings. The average molecular weight is 314 g/mol. The molecule has 23 heavy (non-hydrogen) atoms. The fourth-order valence-corrected chi connectivity index (χ4v) is 1.86. The summed E-state index contributed by atoms with van der Waals surface area (Å²) >= 11 is 0. The summed E-state index contributed by atoms with van der Waals surface area (Å²) in [5.74, 6) is 4.45. The molecule has 0 aromatic heterocycles. The van der Waals surface area contributed by atoms with Gasteiger partial charge in [-0.25, -0.2) is 10.6 Å². The number of ether oxygens (including phenoxy) is 1. The van der Waals surface area contributed by atoms with Crippen LogP contribution in [0, 0.1) is 13.8 Å². The number of hydrogen-bond donors (Lipinski definition) is 2. The third-order valence-corrected chi connectivity index (χ3v) is 2.94. The molecule has 0 aliphatic heterocycles. The van der Waals surface area contributed by atoms with E-state index in [1.54, 1.807) is 25.1 Å². The maximum atomic E-state index is 11.2. The number of hydrazine groups is 1. The molecular formula is C18H22N2O3. The molecular weight excluding hydrogens is 292 g/mol. The van der Waals surface area contributed by atoms with Gasteiger partial charge in [0.25, 0.3) is 5.91 Å². The molecule has 1 amide bonds. The molecule has 0 saturated carbocycles. The summed E-state index contributed by atoms with van der Waals surface area (Å²) in [7, 11) is 0. The van der Waals surface area contributed by atoms with Crippen molar-refractivity contribution in [2.24, 2.45) is 5.84 Å². The second-order valence-corrected chi connectivity index (χ2v) is 4.93. The number of hydrogen-bond acceptors (Lipinski definition) is 4. The highest BCUT2D eigenvalue weighted by molar-refractivity contribution is 5.93. The highest BCUT2D eigenvalue weighted by Crippen LogP contribution is 2.05. The zero-order valence-corrected chi connectivity index (χ0v) is 13.6. The molecule has 5 heteroatoms. The molecule has 0 saturated heterocycles. The normalized spacial score (nSPS) is 9.39. The van der Waals surface area contributed by atoms with Crippen LogP contribution < -0.4 is 11.3 Å². The molecule has 0 radical (unpaired) electrons. The molecule has 0 aliphatic carbocycles. The Hall–Kier alpha value is -2.66. The largest absolute Gasteiger partial charge is 0.462 e. The summed E-state index contributed by atoms with van der Waals surface area (Å²) in [6.45, 7) is 6.09. The molecule has 2 rings (SSSR count). The number of nitrogens with one attached hydrogen (secondary N) is 1. The molecule has 3 N–H and O–H groups in total. The lowest BCUT2D eigenvalue weighted by Crippen LogP contribution is -2.29. The molecule has 2 aromatic carbocycles. The van der Waals surface area contributed by atoms with Crippen molar-refractivity contribution in [1.29, 1.82) is 0 Å². The van der Waals surface area contributed by atoms with E-state index in [-0.39, 0.29) is 11.9 Å². The summed E-state index contributed by atoms with van der Waals surface area (Å²) in [4.78, 5) is 22.1. The predicted octanol–water partition coefficient (Wildman–Crippen LogP) is 2.77. The van der Waals surface area contributed by atoms with E-state index in [0.29, 0.717) is 17.7 Å². The van der Waals surface area contributed by atoms with E-state index in [1.165, 1.54) is 0 Å². The van der Waals surface area contributed by atoms with Crippen molar-refractivity contribution in [3.05, 3.63) is 70.8 Å². The Balaban J connectivity index is 0.000000231. The second kappa shape index (κ2) is 9.38. The van der Waals surface area contributed by atoms with Crippen LogP contribution in [0.4, 0.5) is 0 Å². The van der Waals surface area contributed by atoms with Crippen LogP contribution in [0.25, 0.3) is 0 Å². The fraction of sp³-hybridized carbons (Fsp3) is 0.222. The van der Waals surface area contributed by atoms with Crippen LogP contribution >= 0.6 is 0 Å². The Morgan fingerprint density at radius 2 is 1.52 bits per heavy atom. The zero-order valence-electron chi connectivity index (χ0n) is 13.6. The summed E-state index contributed by atoms with van der Waals surface area (Å²) in [6, 6.07) is 14.6. The maximum absolute atomic E-state index is 11.2. The van der Waals surface area contributed by atoms with Crippen molar-refractivity contribution >= 4 is 11.9 Å². The summed E-state index contributed by atoms with van der Waals surface area (Å²) in [5, 5.41) is 0. The molecule has 0 spiro atoms. The molecule has 0 atom stereocenters. The number of benzene rings is 2. The Labute approximate surface area is 136 Å². The topological polar surface area (TPSA) is 81.4 Å². The fourth-order valence-electron chi connectivity index (χ4n) is 1.86. The van der Waals surface area contributed by atoms with Crippen LogP contribution in [0.3, 0.4) is 0 Å². The van der Waals surface area contributed by atoms with Crippen LogP contribution in [-0.4, -0.2) is 18.5 Å². The molecule has 0 heterocycles. The monoisotopic (exact) mass is 314 g/mol. The Morgan fingerprint density at radius 3 is 2.00 bits per heavy atom. The van der Waals surface area contributed by atoms with Gasteiger partial charge in [0.15, 0.2) is 0 Å². The van der Waals surface area contributed by atoms with Gasteiger partial charge in [0.2, 0.25) is 0 Å². The summed E-state index contributed by atoms with van der Waals surface area (Å²) < 4.78 is 4.84. The van der Waals surface area contributed by atoms with Crippen molar-refractivity contribution in [2.75, 3.05) is 6.61 Å². The first-order valence-corrected chi connectivity index (χ1v) is 7.29. The number of rotatable bonds is 3. The summed E-state index contributed by atoms with van der Waals surface area (Å²) in [6.07, 6.45) is 0. The number of amides is 1. The number of esters is 1. The zero-order chi connectivity index (χ0) is 17.2. The molecule has 122 valence electrons. The molecule has 0 aliphatic rings. The smallest absolute Gasteiger partial charge is 0.338 e. The Bertz CT molecular complexity index is 669. The van der Waals surface area contributed by atoms with Crippen LogP contribution in [0.1, 0.15) is 38.8 Å². The average Bonchev–Trinajstić information content (AvgIpc) is 2.55. The Kier molecular flexibility index (Phi) is 7.50. The highest BCUT2D eigenvalue weighted by atomic mass is 16.5. The van der Waals surface area contributed by atoms with E-state index in [0.717, 1.165) is 11.1 Å². The second-order valence-electron chi connectivity index (χ2n) is 4.93. The van der Waals surface area contributed by atoms with E-state index < -0.39 is 0 Å². The minimum absolute atomic E-state index is 0.249. The van der Waals surface area contributed by atoms with Crippen molar-refractivity contribution in [3.8, 4) is 0 Å². The van der Waals surface area contributed by atoms with Crippen LogP contribution in [-0.2, 0) is 4.74 Å². The van der Waals surface area contributed by atoms with Gasteiger partial charge in [-0.05, 0) is 45.0 Å². The highest BCUT2D eigenvalue weighted by Gasteiger charge is 2.04. The molecule has 0 fully saturated rings. The number of carbonyl (C=O) groups excluding carboxylic acids is 2. The number of aryl methyl sites for hydroxylation is 2. The molecule has 0 unspecified atom stereocenters. The van der Waals surface area contributed by atoms with Crippen molar-refractivity contribution in [1.82, 2.24) is 5.43 Å². The van der Waals surface area contributed by atoms with Gasteiger partial charge in [0.1, 0.15) is 0 Å². The van der Waals surface area contributed by atoms with E-state index in [2.05, 4.69) is 5.43 Å². The molecule has 5 nitrogen and oxygen atoms in total. The lowest BCUT2D eigenvalue weighted by molar-refractivity contribution is 0.0526. The van der Waals surface area contributed by atoms with Crippen molar-refractivity contribution in [2.45, 2.75) is 20.8 Å². The first-order chi connectivity index (χ1) is 11.0. The summed E-state index contributed by atoms with van der Waals surface area (Å²) in [5.41, 5.74) is 5.40. The number of carbonyl (C=O) groups is 2. The van der Waals surface area contributed by atoms with Gasteiger partial charge >= 0.3 is 5.97 Å². The minimum atomic E-state index is -0.256. The first-order valence-electron chi connectivity index (χ1n) is 7.29. The maximum Gasteiger partial charge on any atom is 0.338 e. The van der Waals surface area contributed by atoms with Gasteiger partial charge in [0, 0.05) is 5.56 Å². The number of nitrogen functional groups attached to an aromatic ring is 1.